The first-order valence-corrected chi connectivity index (χ1v) is 3.94. The van der Waals surface area contributed by atoms with E-state index >= 15 is 0 Å². The second-order valence-corrected chi connectivity index (χ2v) is 2.76. The molecule has 1 N–H and O–H groups in total. The topological polar surface area (TPSA) is 41.6 Å². The Morgan fingerprint density at radius 3 is 2.43 bits per heavy atom. The van der Waals surface area contributed by atoms with Gasteiger partial charge in [-0.2, -0.15) is 0 Å². The monoisotopic (exact) mass is 214 g/mol. The summed E-state index contributed by atoms with van der Waals surface area (Å²) in [6, 6.07) is 0. The Labute approximate surface area is 80.0 Å². The Balaban J connectivity index is 3.35. The van der Waals surface area contributed by atoms with E-state index in [-0.39, 0.29) is 19.0 Å². The standard InChI is InChI=1S/C7H13F3N2O2/c1-12(2)6(13)5-11-3-4-14-7(8,9)10/h11H,3-5H2,1-2H3. The number of hydrogen-bond acceptors (Lipinski definition) is 3. The summed E-state index contributed by atoms with van der Waals surface area (Å²) in [6.07, 6.45) is -4.60. The Bertz CT molecular complexity index is 182. The van der Waals surface area contributed by atoms with Gasteiger partial charge in [-0.25, -0.2) is 0 Å². The van der Waals surface area contributed by atoms with Crippen LogP contribution in [0.25, 0.3) is 0 Å². The molecule has 0 unspecified atom stereocenters. The largest absolute Gasteiger partial charge is 0.522 e. The zero-order chi connectivity index (χ0) is 11.2. The SMILES string of the molecule is CN(C)C(=O)CNCCOC(F)(F)F. The van der Waals surface area contributed by atoms with E-state index in [1.54, 1.807) is 14.1 Å². The molecule has 0 aliphatic carbocycles. The maximum Gasteiger partial charge on any atom is 0.522 e. The van der Waals surface area contributed by atoms with Crippen molar-refractivity contribution < 1.29 is 22.7 Å². The fourth-order valence-corrected chi connectivity index (χ4v) is 0.592. The lowest BCUT2D eigenvalue weighted by Gasteiger charge is -2.11. The van der Waals surface area contributed by atoms with Crippen molar-refractivity contribution in [1.82, 2.24) is 10.2 Å². The molecule has 7 heteroatoms. The predicted molar refractivity (Wildman–Crippen MR) is 43.6 cm³/mol. The van der Waals surface area contributed by atoms with Crippen molar-refractivity contribution in [3.8, 4) is 0 Å². The van der Waals surface area contributed by atoms with Crippen molar-refractivity contribution >= 4 is 5.91 Å². The Hall–Kier alpha value is -0.820. The highest BCUT2D eigenvalue weighted by atomic mass is 19.4. The normalized spacial score (nSPS) is 11.5. The number of hydrogen-bond donors (Lipinski definition) is 1. The second kappa shape index (κ2) is 5.82. The van der Waals surface area contributed by atoms with Crippen LogP contribution in [0.2, 0.25) is 0 Å². The van der Waals surface area contributed by atoms with Crippen LogP contribution >= 0.6 is 0 Å². The number of alkyl halides is 3. The molecule has 0 spiro atoms. The summed E-state index contributed by atoms with van der Waals surface area (Å²) in [5.41, 5.74) is 0. The summed E-state index contributed by atoms with van der Waals surface area (Å²) >= 11 is 0. The molecular formula is C7H13F3N2O2. The van der Waals surface area contributed by atoms with Gasteiger partial charge in [0.25, 0.3) is 0 Å². The minimum absolute atomic E-state index is 0.00815. The lowest BCUT2D eigenvalue weighted by Crippen LogP contribution is -2.35. The number of carbonyl (C=O) groups excluding carboxylic acids is 1. The first kappa shape index (κ1) is 13.2. The van der Waals surface area contributed by atoms with Crippen LogP contribution in [-0.4, -0.2) is 51.0 Å². The van der Waals surface area contributed by atoms with Gasteiger partial charge in [-0.15, -0.1) is 13.2 Å². The molecule has 1 amide bonds. The molecule has 0 saturated carbocycles. The minimum Gasteiger partial charge on any atom is -0.348 e. The number of nitrogens with one attached hydrogen (secondary N) is 1. The van der Waals surface area contributed by atoms with E-state index in [9.17, 15) is 18.0 Å². The molecule has 0 aromatic carbocycles. The highest BCUT2D eigenvalue weighted by Gasteiger charge is 2.28. The average Bonchev–Trinajstić information content (AvgIpc) is 2.01. The molecule has 0 aromatic rings. The zero-order valence-electron chi connectivity index (χ0n) is 8.02. The molecule has 14 heavy (non-hydrogen) atoms. The van der Waals surface area contributed by atoms with E-state index in [0.717, 1.165) is 0 Å². The quantitative estimate of drug-likeness (QED) is 0.665. The molecule has 0 radical (unpaired) electrons. The van der Waals surface area contributed by atoms with E-state index in [2.05, 4.69) is 10.1 Å². The van der Waals surface area contributed by atoms with Gasteiger partial charge in [-0.3, -0.25) is 9.53 Å². The maximum atomic E-state index is 11.4. The number of carbonyl (C=O) groups is 1. The predicted octanol–water partition coefficient (Wildman–Crippen LogP) is 0.201. The van der Waals surface area contributed by atoms with Crippen molar-refractivity contribution in [2.45, 2.75) is 6.36 Å². The highest BCUT2D eigenvalue weighted by molar-refractivity contribution is 5.77. The number of ether oxygens (including phenoxy) is 1. The third-order valence-electron chi connectivity index (χ3n) is 1.32. The highest BCUT2D eigenvalue weighted by Crippen LogP contribution is 2.14. The van der Waals surface area contributed by atoms with Gasteiger partial charge in [0, 0.05) is 20.6 Å². The van der Waals surface area contributed by atoms with Gasteiger partial charge >= 0.3 is 6.36 Å². The molecular weight excluding hydrogens is 201 g/mol. The molecule has 0 aromatic heterocycles. The number of amides is 1. The van der Waals surface area contributed by atoms with Crippen molar-refractivity contribution in [3.05, 3.63) is 0 Å². The van der Waals surface area contributed by atoms with E-state index in [1.807, 2.05) is 0 Å². The number of rotatable bonds is 5. The first-order valence-electron chi connectivity index (χ1n) is 3.94. The Kier molecular flexibility index (Phi) is 5.47. The summed E-state index contributed by atoms with van der Waals surface area (Å²) < 4.78 is 37.8. The van der Waals surface area contributed by atoms with Crippen molar-refractivity contribution in [1.29, 1.82) is 0 Å². The van der Waals surface area contributed by atoms with Gasteiger partial charge in [0.05, 0.1) is 13.2 Å². The number of nitrogens with zero attached hydrogens (tertiary/aromatic N) is 1. The van der Waals surface area contributed by atoms with E-state index in [1.165, 1.54) is 4.90 Å². The molecule has 4 nitrogen and oxygen atoms in total. The van der Waals surface area contributed by atoms with Crippen LogP contribution in [0, 0.1) is 0 Å². The van der Waals surface area contributed by atoms with E-state index in [0.29, 0.717) is 0 Å². The maximum absolute atomic E-state index is 11.4. The van der Waals surface area contributed by atoms with Gasteiger partial charge in [-0.05, 0) is 0 Å². The van der Waals surface area contributed by atoms with E-state index in [4.69, 9.17) is 0 Å². The number of likely N-dealkylation sites (N-methyl/N-ethyl adjacent to an activating group) is 1. The second-order valence-electron chi connectivity index (χ2n) is 2.76. The summed E-state index contributed by atoms with van der Waals surface area (Å²) in [5.74, 6) is -0.197. The van der Waals surface area contributed by atoms with Crippen LogP contribution in [0.15, 0.2) is 0 Å². The molecule has 0 bridgehead atoms. The van der Waals surface area contributed by atoms with Crippen LogP contribution in [0.3, 0.4) is 0 Å². The van der Waals surface area contributed by atoms with Crippen molar-refractivity contribution in [3.63, 3.8) is 0 Å². The molecule has 0 fully saturated rings. The van der Waals surface area contributed by atoms with Crippen molar-refractivity contribution in [2.75, 3.05) is 33.8 Å². The van der Waals surface area contributed by atoms with Gasteiger partial charge in [-0.1, -0.05) is 0 Å². The minimum atomic E-state index is -4.60. The van der Waals surface area contributed by atoms with E-state index < -0.39 is 13.0 Å². The van der Waals surface area contributed by atoms with Crippen molar-refractivity contribution in [2.24, 2.45) is 0 Å². The zero-order valence-corrected chi connectivity index (χ0v) is 8.02. The van der Waals surface area contributed by atoms with Gasteiger partial charge in [0.2, 0.25) is 5.91 Å². The summed E-state index contributed by atoms with van der Waals surface area (Å²) in [4.78, 5) is 12.2. The fourth-order valence-electron chi connectivity index (χ4n) is 0.592. The van der Waals surface area contributed by atoms with Crippen LogP contribution in [0.1, 0.15) is 0 Å². The van der Waals surface area contributed by atoms with Crippen LogP contribution in [0.5, 0.6) is 0 Å². The molecule has 0 aliphatic heterocycles. The summed E-state index contributed by atoms with van der Waals surface area (Å²) in [5, 5.41) is 2.52. The van der Waals surface area contributed by atoms with Crippen LogP contribution in [-0.2, 0) is 9.53 Å². The van der Waals surface area contributed by atoms with Gasteiger partial charge < -0.3 is 10.2 Å². The molecule has 0 aliphatic rings. The molecule has 0 saturated heterocycles. The average molecular weight is 214 g/mol. The summed E-state index contributed by atoms with van der Waals surface area (Å²) in [7, 11) is 3.13. The first-order chi connectivity index (χ1) is 6.33. The number of halogens is 3. The molecule has 84 valence electrons. The van der Waals surface area contributed by atoms with Crippen LogP contribution in [0.4, 0.5) is 13.2 Å². The Morgan fingerprint density at radius 2 is 2.00 bits per heavy atom. The molecule has 0 heterocycles. The molecule has 0 atom stereocenters. The lowest BCUT2D eigenvalue weighted by molar-refractivity contribution is -0.323. The summed E-state index contributed by atoms with van der Waals surface area (Å²) in [6.45, 7) is -0.502. The Morgan fingerprint density at radius 1 is 1.43 bits per heavy atom. The van der Waals surface area contributed by atoms with Crippen LogP contribution < -0.4 is 5.32 Å². The van der Waals surface area contributed by atoms with Gasteiger partial charge in [0.1, 0.15) is 0 Å². The van der Waals surface area contributed by atoms with Gasteiger partial charge in [0.15, 0.2) is 0 Å². The molecule has 0 rings (SSSR count). The smallest absolute Gasteiger partial charge is 0.348 e. The third kappa shape index (κ3) is 7.81. The third-order valence-corrected chi connectivity index (χ3v) is 1.32. The fraction of sp³-hybridized carbons (Fsp3) is 0.857. The lowest BCUT2D eigenvalue weighted by atomic mass is 10.5.